The lowest BCUT2D eigenvalue weighted by molar-refractivity contribution is 0.265. The number of hydrogen-bond donors (Lipinski definition) is 1. The summed E-state index contributed by atoms with van der Waals surface area (Å²) >= 11 is 1.59. The van der Waals surface area contributed by atoms with E-state index in [0.717, 1.165) is 16.6 Å². The number of rotatable bonds is 4. The molecule has 3 aromatic heterocycles. The van der Waals surface area contributed by atoms with E-state index in [4.69, 9.17) is 4.52 Å². The molecule has 3 heterocycles. The minimum atomic E-state index is -0.139. The van der Waals surface area contributed by atoms with E-state index in [-0.39, 0.29) is 6.61 Å². The third kappa shape index (κ3) is 2.20. The van der Waals surface area contributed by atoms with Crippen LogP contribution in [0.5, 0.6) is 0 Å². The summed E-state index contributed by atoms with van der Waals surface area (Å²) in [7, 11) is 0. The highest BCUT2D eigenvalue weighted by atomic mass is 32.1. The van der Waals surface area contributed by atoms with Crippen LogP contribution >= 0.6 is 11.3 Å². The normalized spacial score (nSPS) is 11.3. The van der Waals surface area contributed by atoms with Crippen molar-refractivity contribution in [2.75, 3.05) is 0 Å². The zero-order valence-electron chi connectivity index (χ0n) is 11.5. The summed E-state index contributed by atoms with van der Waals surface area (Å²) in [6.45, 7) is 0.244. The van der Waals surface area contributed by atoms with Crippen molar-refractivity contribution in [2.45, 2.75) is 13.2 Å². The molecular weight excluding hydrogens is 300 g/mol. The fourth-order valence-electron chi connectivity index (χ4n) is 2.39. The Morgan fingerprint density at radius 2 is 2.09 bits per heavy atom. The van der Waals surface area contributed by atoms with E-state index < -0.39 is 0 Å². The Kier molecular flexibility index (Phi) is 3.21. The lowest BCUT2D eigenvalue weighted by Gasteiger charge is -2.03. The van der Waals surface area contributed by atoms with Crippen LogP contribution < -0.4 is 0 Å². The van der Waals surface area contributed by atoms with Crippen LogP contribution in [0.15, 0.2) is 45.6 Å². The molecule has 4 rings (SSSR count). The second-order valence-electron chi connectivity index (χ2n) is 4.78. The molecule has 7 heteroatoms. The molecule has 0 aliphatic carbocycles. The molecule has 0 unspecified atom stereocenters. The summed E-state index contributed by atoms with van der Waals surface area (Å²) in [5, 5.41) is 17.4. The average Bonchev–Trinajstić information content (AvgIpc) is 3.27. The van der Waals surface area contributed by atoms with Crippen molar-refractivity contribution in [3.63, 3.8) is 0 Å². The highest BCUT2D eigenvalue weighted by molar-refractivity contribution is 7.08. The minimum Gasteiger partial charge on any atom is -0.388 e. The summed E-state index contributed by atoms with van der Waals surface area (Å²) in [4.78, 5) is 8.82. The molecule has 0 fully saturated rings. The Labute approximate surface area is 129 Å². The van der Waals surface area contributed by atoms with Crippen LogP contribution in [0.25, 0.3) is 22.4 Å². The van der Waals surface area contributed by atoms with Crippen molar-refractivity contribution >= 4 is 22.4 Å². The Morgan fingerprint density at radius 3 is 2.91 bits per heavy atom. The molecule has 22 heavy (non-hydrogen) atoms. The first kappa shape index (κ1) is 13.2. The van der Waals surface area contributed by atoms with Crippen molar-refractivity contribution in [3.8, 4) is 11.4 Å². The predicted molar refractivity (Wildman–Crippen MR) is 82.4 cm³/mol. The van der Waals surface area contributed by atoms with Crippen molar-refractivity contribution in [2.24, 2.45) is 0 Å². The highest BCUT2D eigenvalue weighted by Crippen LogP contribution is 2.21. The quantitative estimate of drug-likeness (QED) is 0.627. The fraction of sp³-hybridized carbons (Fsp3) is 0.133. The highest BCUT2D eigenvalue weighted by Gasteiger charge is 2.14. The second-order valence-corrected chi connectivity index (χ2v) is 5.56. The summed E-state index contributed by atoms with van der Waals surface area (Å²) in [6.07, 6.45) is 0. The largest absolute Gasteiger partial charge is 0.388 e. The molecule has 0 spiro atoms. The first-order chi connectivity index (χ1) is 10.8. The summed E-state index contributed by atoms with van der Waals surface area (Å²) in [5.41, 5.74) is 2.71. The Morgan fingerprint density at radius 1 is 1.18 bits per heavy atom. The molecular formula is C15H12N4O2S. The molecule has 0 radical (unpaired) electrons. The van der Waals surface area contributed by atoms with Gasteiger partial charge in [0, 0.05) is 10.9 Å². The van der Waals surface area contributed by atoms with Crippen molar-refractivity contribution in [1.82, 2.24) is 19.7 Å². The molecule has 1 aromatic carbocycles. The summed E-state index contributed by atoms with van der Waals surface area (Å²) in [5.74, 6) is 1.64. The number of para-hydroxylation sites is 2. The zero-order chi connectivity index (χ0) is 14.9. The second kappa shape index (κ2) is 5.36. The van der Waals surface area contributed by atoms with Gasteiger partial charge >= 0.3 is 0 Å². The van der Waals surface area contributed by atoms with Crippen molar-refractivity contribution in [1.29, 1.82) is 0 Å². The molecule has 110 valence electrons. The lowest BCUT2D eigenvalue weighted by atomic mass is 10.3. The van der Waals surface area contributed by atoms with E-state index in [0.29, 0.717) is 24.1 Å². The molecule has 0 saturated carbocycles. The van der Waals surface area contributed by atoms with E-state index >= 15 is 0 Å². The van der Waals surface area contributed by atoms with Gasteiger partial charge in [-0.1, -0.05) is 17.3 Å². The summed E-state index contributed by atoms with van der Waals surface area (Å²) in [6, 6.07) is 9.67. The molecule has 0 bridgehead atoms. The van der Waals surface area contributed by atoms with E-state index in [1.165, 1.54) is 0 Å². The first-order valence-corrected chi connectivity index (χ1v) is 7.69. The van der Waals surface area contributed by atoms with Gasteiger partial charge in [-0.05, 0) is 23.6 Å². The number of aliphatic hydroxyl groups excluding tert-OH is 1. The average molecular weight is 312 g/mol. The Balaban J connectivity index is 1.72. The van der Waals surface area contributed by atoms with E-state index in [1.54, 1.807) is 11.3 Å². The van der Waals surface area contributed by atoms with Gasteiger partial charge in [0.25, 0.3) is 0 Å². The third-order valence-electron chi connectivity index (χ3n) is 3.42. The summed E-state index contributed by atoms with van der Waals surface area (Å²) < 4.78 is 7.21. The number of nitrogens with zero attached hydrogens (tertiary/aromatic N) is 4. The Hall–Kier alpha value is -2.51. The van der Waals surface area contributed by atoms with Gasteiger partial charge in [-0.3, -0.25) is 0 Å². The maximum atomic E-state index is 9.50. The van der Waals surface area contributed by atoms with E-state index in [2.05, 4.69) is 15.1 Å². The van der Waals surface area contributed by atoms with Gasteiger partial charge in [0.1, 0.15) is 19.0 Å². The van der Waals surface area contributed by atoms with Crippen LogP contribution in [-0.2, 0) is 13.2 Å². The SMILES string of the molecule is OCc1nc2ccccc2n1Cc1nc(-c2ccsc2)no1. The molecule has 0 atom stereocenters. The van der Waals surface area contributed by atoms with Crippen LogP contribution in [0, 0.1) is 0 Å². The number of aromatic nitrogens is 4. The molecule has 6 nitrogen and oxygen atoms in total. The molecule has 0 aliphatic heterocycles. The van der Waals surface area contributed by atoms with Crippen LogP contribution in [0.2, 0.25) is 0 Å². The van der Waals surface area contributed by atoms with Gasteiger partial charge in [0.15, 0.2) is 0 Å². The predicted octanol–water partition coefficient (Wildman–Crippen LogP) is 2.69. The fourth-order valence-corrected chi connectivity index (χ4v) is 3.02. The molecule has 0 aliphatic rings. The van der Waals surface area contributed by atoms with E-state index in [1.807, 2.05) is 45.7 Å². The van der Waals surface area contributed by atoms with Gasteiger partial charge in [-0.2, -0.15) is 16.3 Å². The van der Waals surface area contributed by atoms with Gasteiger partial charge < -0.3 is 14.2 Å². The number of benzene rings is 1. The van der Waals surface area contributed by atoms with Gasteiger partial charge in [-0.15, -0.1) is 0 Å². The lowest BCUT2D eigenvalue weighted by Crippen LogP contribution is -2.05. The van der Waals surface area contributed by atoms with Crippen LogP contribution in [0.3, 0.4) is 0 Å². The van der Waals surface area contributed by atoms with Gasteiger partial charge in [0.2, 0.25) is 11.7 Å². The zero-order valence-corrected chi connectivity index (χ0v) is 12.3. The van der Waals surface area contributed by atoms with Crippen molar-refractivity contribution < 1.29 is 9.63 Å². The van der Waals surface area contributed by atoms with Crippen LogP contribution in [0.1, 0.15) is 11.7 Å². The number of thiophene rings is 1. The molecule has 0 saturated heterocycles. The number of hydrogen-bond acceptors (Lipinski definition) is 6. The topological polar surface area (TPSA) is 77.0 Å². The standard InChI is InChI=1S/C15H12N4O2S/c20-8-13-16-11-3-1-2-4-12(11)19(13)7-14-17-15(18-21-14)10-5-6-22-9-10/h1-6,9,20H,7-8H2. The van der Waals surface area contributed by atoms with E-state index in [9.17, 15) is 5.11 Å². The smallest absolute Gasteiger partial charge is 0.246 e. The van der Waals surface area contributed by atoms with Crippen molar-refractivity contribution in [3.05, 3.63) is 52.8 Å². The van der Waals surface area contributed by atoms with Crippen LogP contribution in [0.4, 0.5) is 0 Å². The first-order valence-electron chi connectivity index (χ1n) is 6.75. The molecule has 1 N–H and O–H groups in total. The monoisotopic (exact) mass is 312 g/mol. The maximum absolute atomic E-state index is 9.50. The van der Waals surface area contributed by atoms with Gasteiger partial charge in [0.05, 0.1) is 11.0 Å². The molecule has 0 amide bonds. The number of fused-ring (bicyclic) bond motifs is 1. The number of aliphatic hydroxyl groups is 1. The molecule has 4 aromatic rings. The minimum absolute atomic E-state index is 0.139. The van der Waals surface area contributed by atoms with Gasteiger partial charge in [-0.25, -0.2) is 4.98 Å². The third-order valence-corrected chi connectivity index (χ3v) is 4.10. The van der Waals surface area contributed by atoms with Crippen LogP contribution in [-0.4, -0.2) is 24.8 Å². The number of imidazole rings is 1. The Bertz CT molecular complexity index is 911. The maximum Gasteiger partial charge on any atom is 0.246 e.